The molecule has 0 bridgehead atoms. The molecule has 4 nitrogen and oxygen atoms in total. The molecule has 1 aliphatic carbocycles. The van der Waals surface area contributed by atoms with Crippen LogP contribution in [0, 0.1) is 0 Å². The molecule has 0 fully saturated rings. The third-order valence-electron chi connectivity index (χ3n) is 8.21. The summed E-state index contributed by atoms with van der Waals surface area (Å²) >= 11 is 0. The first-order chi connectivity index (χ1) is 21.6. The van der Waals surface area contributed by atoms with Crippen molar-refractivity contribution < 1.29 is 19.0 Å². The van der Waals surface area contributed by atoms with Gasteiger partial charge in [0, 0.05) is 13.0 Å². The summed E-state index contributed by atoms with van der Waals surface area (Å²) in [6.45, 7) is 5.10. The van der Waals surface area contributed by atoms with Gasteiger partial charge in [-0.3, -0.25) is 0 Å². The van der Waals surface area contributed by atoms with Gasteiger partial charge in [0.05, 0.1) is 13.2 Å². The maximum Gasteiger partial charge on any atom is 0.335 e. The van der Waals surface area contributed by atoms with Gasteiger partial charge in [0.25, 0.3) is 0 Å². The van der Waals surface area contributed by atoms with Gasteiger partial charge >= 0.3 is 5.97 Å². The molecule has 0 saturated carbocycles. The average Bonchev–Trinajstić information content (AvgIpc) is 3.38. The second-order valence-corrected chi connectivity index (χ2v) is 11.1. The summed E-state index contributed by atoms with van der Waals surface area (Å²) in [5, 5.41) is 0. The van der Waals surface area contributed by atoms with E-state index in [0.717, 1.165) is 12.0 Å². The van der Waals surface area contributed by atoms with Crippen LogP contribution in [-0.2, 0) is 31.8 Å². The molecule has 44 heavy (non-hydrogen) atoms. The Morgan fingerprint density at radius 1 is 0.636 bits per heavy atom. The molecular weight excluding hydrogens is 544 g/mol. The largest absolute Gasteiger partial charge is 0.464 e. The van der Waals surface area contributed by atoms with E-state index in [-0.39, 0.29) is 12.1 Å². The van der Waals surface area contributed by atoms with Crippen LogP contribution in [-0.4, -0.2) is 31.9 Å². The van der Waals surface area contributed by atoms with Gasteiger partial charge in [0.15, 0.2) is 6.10 Å². The van der Waals surface area contributed by atoms with E-state index in [2.05, 4.69) is 121 Å². The standard InChI is InChI=1S/C40H38O4/c1-3-42-38(40(41)43-4-2)25-29-17-15-28(16-18-29)23-24-44-39-34-21-19-32(30-11-7-5-8-12-30)26-36(34)37-27-33(20-22-35(37)39)31-13-9-6-10-14-31/h5-22,26-27,38-39H,3-4,23-25H2,1-2H3. The van der Waals surface area contributed by atoms with E-state index in [1.165, 1.54) is 50.1 Å². The first kappa shape index (κ1) is 29.6. The molecule has 0 aliphatic heterocycles. The normalized spacial score (nSPS) is 12.9. The van der Waals surface area contributed by atoms with Gasteiger partial charge in [-0.2, -0.15) is 0 Å². The Balaban J connectivity index is 1.20. The summed E-state index contributed by atoms with van der Waals surface area (Å²) < 4.78 is 17.5. The summed E-state index contributed by atoms with van der Waals surface area (Å²) in [6, 6.07) is 42.9. The monoisotopic (exact) mass is 582 g/mol. The van der Waals surface area contributed by atoms with E-state index in [4.69, 9.17) is 14.2 Å². The van der Waals surface area contributed by atoms with Crippen molar-refractivity contribution in [2.24, 2.45) is 0 Å². The first-order valence-electron chi connectivity index (χ1n) is 15.5. The lowest BCUT2D eigenvalue weighted by molar-refractivity contribution is -0.156. The second kappa shape index (κ2) is 13.9. The van der Waals surface area contributed by atoms with Crippen LogP contribution in [0.3, 0.4) is 0 Å². The first-order valence-corrected chi connectivity index (χ1v) is 15.5. The molecule has 5 aromatic carbocycles. The molecule has 1 unspecified atom stereocenters. The Morgan fingerprint density at radius 2 is 1.18 bits per heavy atom. The predicted octanol–water partition coefficient (Wildman–Crippen LogP) is 8.86. The van der Waals surface area contributed by atoms with Crippen LogP contribution < -0.4 is 0 Å². The highest BCUT2D eigenvalue weighted by molar-refractivity contribution is 5.85. The molecular formula is C40H38O4. The fourth-order valence-corrected chi connectivity index (χ4v) is 6.00. The lowest BCUT2D eigenvalue weighted by Gasteiger charge is -2.17. The highest BCUT2D eigenvalue weighted by Gasteiger charge is 2.30. The summed E-state index contributed by atoms with van der Waals surface area (Å²) in [5.41, 5.74) is 11.9. The van der Waals surface area contributed by atoms with E-state index >= 15 is 0 Å². The van der Waals surface area contributed by atoms with Crippen LogP contribution >= 0.6 is 0 Å². The van der Waals surface area contributed by atoms with Gasteiger partial charge in [-0.25, -0.2) is 4.79 Å². The lowest BCUT2D eigenvalue weighted by atomic mass is 9.96. The Morgan fingerprint density at radius 3 is 1.70 bits per heavy atom. The maximum absolute atomic E-state index is 12.3. The lowest BCUT2D eigenvalue weighted by Crippen LogP contribution is -2.29. The Bertz CT molecular complexity index is 1600. The number of hydrogen-bond acceptors (Lipinski definition) is 4. The van der Waals surface area contributed by atoms with Crippen molar-refractivity contribution in [1.82, 2.24) is 0 Å². The predicted molar refractivity (Wildman–Crippen MR) is 176 cm³/mol. The molecule has 5 aromatic rings. The Kier molecular flexibility index (Phi) is 9.31. The summed E-state index contributed by atoms with van der Waals surface area (Å²) in [4.78, 5) is 12.3. The van der Waals surface area contributed by atoms with Crippen LogP contribution in [0.2, 0.25) is 0 Å². The number of carbonyl (C=O) groups is 1. The van der Waals surface area contributed by atoms with Crippen LogP contribution in [0.15, 0.2) is 121 Å². The van der Waals surface area contributed by atoms with E-state index in [1.54, 1.807) is 0 Å². The number of fused-ring (bicyclic) bond motifs is 3. The number of esters is 1. The Labute approximate surface area is 260 Å². The highest BCUT2D eigenvalue weighted by Crippen LogP contribution is 2.48. The summed E-state index contributed by atoms with van der Waals surface area (Å²) in [7, 11) is 0. The number of hydrogen-bond donors (Lipinski definition) is 0. The van der Waals surface area contributed by atoms with Gasteiger partial charge < -0.3 is 14.2 Å². The van der Waals surface area contributed by atoms with Crippen LogP contribution in [0.1, 0.15) is 42.2 Å². The fraction of sp³-hybridized carbons (Fsp3) is 0.225. The van der Waals surface area contributed by atoms with Crippen molar-refractivity contribution in [2.45, 2.75) is 38.9 Å². The number of benzene rings is 5. The summed E-state index contributed by atoms with van der Waals surface area (Å²) in [6.07, 6.45) is 0.583. The smallest absolute Gasteiger partial charge is 0.335 e. The van der Waals surface area contributed by atoms with Crippen molar-refractivity contribution in [2.75, 3.05) is 19.8 Å². The zero-order valence-electron chi connectivity index (χ0n) is 25.4. The van der Waals surface area contributed by atoms with Crippen molar-refractivity contribution in [3.8, 4) is 33.4 Å². The summed E-state index contributed by atoms with van der Waals surface area (Å²) in [5.74, 6) is -0.310. The highest BCUT2D eigenvalue weighted by atomic mass is 16.6. The van der Waals surface area contributed by atoms with Gasteiger partial charge in [0.2, 0.25) is 0 Å². The van der Waals surface area contributed by atoms with Crippen LogP contribution in [0.25, 0.3) is 33.4 Å². The second-order valence-electron chi connectivity index (χ2n) is 11.1. The van der Waals surface area contributed by atoms with Crippen molar-refractivity contribution in [1.29, 1.82) is 0 Å². The average molecular weight is 583 g/mol. The minimum absolute atomic E-state index is 0.120. The topological polar surface area (TPSA) is 44.8 Å². The SMILES string of the molecule is CCOC(=O)C(Cc1ccc(CCOC2c3ccc(-c4ccccc4)cc3-c3cc(-c4ccccc4)ccc32)cc1)OCC. The van der Waals surface area contributed by atoms with Crippen molar-refractivity contribution >= 4 is 5.97 Å². The van der Waals surface area contributed by atoms with Gasteiger partial charge in [-0.1, -0.05) is 109 Å². The van der Waals surface area contributed by atoms with Gasteiger partial charge in [0.1, 0.15) is 6.10 Å². The van der Waals surface area contributed by atoms with Crippen molar-refractivity contribution in [3.63, 3.8) is 0 Å². The van der Waals surface area contributed by atoms with E-state index < -0.39 is 6.10 Å². The van der Waals surface area contributed by atoms with E-state index in [9.17, 15) is 4.79 Å². The number of ether oxygens (including phenoxy) is 3. The molecule has 0 saturated heterocycles. The molecule has 4 heteroatoms. The fourth-order valence-electron chi connectivity index (χ4n) is 6.00. The molecule has 1 atom stereocenters. The third-order valence-corrected chi connectivity index (χ3v) is 8.21. The zero-order chi connectivity index (χ0) is 30.3. The molecule has 0 amide bonds. The van der Waals surface area contributed by atoms with Gasteiger partial charge in [-0.05, 0) is 88.0 Å². The minimum atomic E-state index is -0.582. The molecule has 222 valence electrons. The molecule has 1 aliphatic rings. The molecule has 0 spiro atoms. The minimum Gasteiger partial charge on any atom is -0.464 e. The quantitative estimate of drug-likeness (QED) is 0.138. The molecule has 0 heterocycles. The molecule has 0 aromatic heterocycles. The van der Waals surface area contributed by atoms with E-state index in [0.29, 0.717) is 26.2 Å². The Hall–Kier alpha value is -4.51. The molecule has 0 N–H and O–H groups in total. The van der Waals surface area contributed by atoms with Crippen LogP contribution in [0.5, 0.6) is 0 Å². The number of carbonyl (C=O) groups excluding carboxylic acids is 1. The van der Waals surface area contributed by atoms with Crippen LogP contribution in [0.4, 0.5) is 0 Å². The third kappa shape index (κ3) is 6.52. The maximum atomic E-state index is 12.3. The zero-order valence-corrected chi connectivity index (χ0v) is 25.4. The van der Waals surface area contributed by atoms with E-state index in [1.807, 2.05) is 13.8 Å². The molecule has 0 radical (unpaired) electrons. The van der Waals surface area contributed by atoms with Gasteiger partial charge in [-0.15, -0.1) is 0 Å². The van der Waals surface area contributed by atoms with Crippen molar-refractivity contribution in [3.05, 3.63) is 144 Å². The molecule has 6 rings (SSSR count). The number of rotatable bonds is 12.